The smallest absolute Gasteiger partial charge is 0.407 e. The molecule has 0 unspecified atom stereocenters. The lowest BCUT2D eigenvalue weighted by molar-refractivity contribution is 0.0519. The summed E-state index contributed by atoms with van der Waals surface area (Å²) in [5.41, 5.74) is -0.575. The van der Waals surface area contributed by atoms with Crippen molar-refractivity contribution in [2.24, 2.45) is 0 Å². The Morgan fingerprint density at radius 3 is 2.74 bits per heavy atom. The van der Waals surface area contributed by atoms with Gasteiger partial charge in [-0.2, -0.15) is 4.31 Å². The first-order valence-corrected chi connectivity index (χ1v) is 10.4. The summed E-state index contributed by atoms with van der Waals surface area (Å²) in [7, 11) is -3.52. The molecule has 1 fully saturated rings. The summed E-state index contributed by atoms with van der Waals surface area (Å²) in [6.45, 7) is 6.08. The molecular weight excluding hydrogens is 404 g/mol. The lowest BCUT2D eigenvalue weighted by atomic mass is 10.2. The predicted molar refractivity (Wildman–Crippen MR) is 93.2 cm³/mol. The fraction of sp³-hybridized carbons (Fsp3) is 0.643. The van der Waals surface area contributed by atoms with E-state index in [0.29, 0.717) is 10.8 Å². The number of hydrogen-bond donors (Lipinski definition) is 1. The highest BCUT2D eigenvalue weighted by atomic mass is 79.9. The van der Waals surface area contributed by atoms with Crippen molar-refractivity contribution in [2.45, 2.75) is 49.5 Å². The number of amides is 1. The molecule has 2 rings (SSSR count). The quantitative estimate of drug-likeness (QED) is 0.804. The molecule has 1 aliphatic rings. The van der Waals surface area contributed by atoms with Crippen LogP contribution in [0.3, 0.4) is 0 Å². The standard InChI is InChI=1S/C14H21BrN2O4S2/c1-14(2,3)21-13(18)16-9-10-5-4-8-17(10)23(19,20)12-7-6-11(15)22-12/h6-7,10H,4-5,8-9H2,1-3H3,(H,16,18)/t10-/m0/s1. The second kappa shape index (κ2) is 7.08. The molecule has 0 bridgehead atoms. The monoisotopic (exact) mass is 424 g/mol. The highest BCUT2D eigenvalue weighted by Gasteiger charge is 2.36. The molecule has 1 aliphatic heterocycles. The summed E-state index contributed by atoms with van der Waals surface area (Å²) in [6.07, 6.45) is 0.981. The van der Waals surface area contributed by atoms with E-state index in [0.717, 1.165) is 16.6 Å². The molecule has 1 saturated heterocycles. The summed E-state index contributed by atoms with van der Waals surface area (Å²) in [5.74, 6) is 0. The molecular formula is C14H21BrN2O4S2. The van der Waals surface area contributed by atoms with Crippen LogP contribution in [0.4, 0.5) is 4.79 Å². The number of ether oxygens (including phenoxy) is 1. The Hall–Kier alpha value is -0.640. The van der Waals surface area contributed by atoms with E-state index >= 15 is 0 Å². The van der Waals surface area contributed by atoms with Crippen LogP contribution < -0.4 is 5.32 Å². The zero-order valence-electron chi connectivity index (χ0n) is 13.3. The van der Waals surface area contributed by atoms with Crippen molar-refractivity contribution < 1.29 is 17.9 Å². The van der Waals surface area contributed by atoms with Gasteiger partial charge in [-0.05, 0) is 61.7 Å². The number of thiophene rings is 1. The molecule has 0 spiro atoms. The van der Waals surface area contributed by atoms with Crippen molar-refractivity contribution in [2.75, 3.05) is 13.1 Å². The molecule has 1 aromatic heterocycles. The van der Waals surface area contributed by atoms with Gasteiger partial charge in [0.15, 0.2) is 0 Å². The van der Waals surface area contributed by atoms with Crippen molar-refractivity contribution in [1.29, 1.82) is 0 Å². The van der Waals surface area contributed by atoms with Crippen molar-refractivity contribution in [3.8, 4) is 0 Å². The van der Waals surface area contributed by atoms with Crippen molar-refractivity contribution in [3.05, 3.63) is 15.9 Å². The minimum absolute atomic E-state index is 0.242. The van der Waals surface area contributed by atoms with E-state index in [1.54, 1.807) is 32.9 Å². The van der Waals surface area contributed by atoms with E-state index in [-0.39, 0.29) is 12.6 Å². The van der Waals surface area contributed by atoms with Gasteiger partial charge in [0.05, 0.1) is 3.79 Å². The maximum atomic E-state index is 12.7. The topological polar surface area (TPSA) is 75.7 Å². The van der Waals surface area contributed by atoms with E-state index in [1.807, 2.05) is 0 Å². The zero-order chi connectivity index (χ0) is 17.3. The fourth-order valence-corrected chi connectivity index (χ4v) is 6.23. The number of halogens is 1. The lowest BCUT2D eigenvalue weighted by Crippen LogP contribution is -2.44. The second-order valence-electron chi connectivity index (χ2n) is 6.35. The number of nitrogens with one attached hydrogen (secondary N) is 1. The summed E-state index contributed by atoms with van der Waals surface area (Å²) in [6, 6.07) is 3.08. The van der Waals surface area contributed by atoms with E-state index in [9.17, 15) is 13.2 Å². The zero-order valence-corrected chi connectivity index (χ0v) is 16.6. The number of hydrogen-bond acceptors (Lipinski definition) is 5. The van der Waals surface area contributed by atoms with Gasteiger partial charge in [-0.1, -0.05) is 0 Å². The number of carbonyl (C=O) groups excluding carboxylic acids is 1. The SMILES string of the molecule is CC(C)(C)OC(=O)NC[C@@H]1CCCN1S(=O)(=O)c1ccc(Br)s1. The minimum Gasteiger partial charge on any atom is -0.444 e. The van der Waals surface area contributed by atoms with Crippen LogP contribution >= 0.6 is 27.3 Å². The minimum atomic E-state index is -3.52. The van der Waals surface area contributed by atoms with Crippen LogP contribution in [-0.2, 0) is 14.8 Å². The highest BCUT2D eigenvalue weighted by Crippen LogP contribution is 2.32. The van der Waals surface area contributed by atoms with Crippen molar-refractivity contribution in [3.63, 3.8) is 0 Å². The highest BCUT2D eigenvalue weighted by molar-refractivity contribution is 9.11. The maximum Gasteiger partial charge on any atom is 0.407 e. The second-order valence-corrected chi connectivity index (χ2v) is 10.9. The molecule has 1 amide bonds. The van der Waals surface area contributed by atoms with Crippen LogP contribution in [0, 0.1) is 0 Å². The molecule has 0 radical (unpaired) electrons. The van der Waals surface area contributed by atoms with Crippen molar-refractivity contribution >= 4 is 43.4 Å². The van der Waals surface area contributed by atoms with Crippen LogP contribution in [0.5, 0.6) is 0 Å². The molecule has 6 nitrogen and oxygen atoms in total. The lowest BCUT2D eigenvalue weighted by Gasteiger charge is -2.25. The van der Waals surface area contributed by atoms with Gasteiger partial charge < -0.3 is 10.1 Å². The van der Waals surface area contributed by atoms with Gasteiger partial charge in [0.25, 0.3) is 10.0 Å². The number of rotatable bonds is 4. The summed E-state index contributed by atoms with van der Waals surface area (Å²) in [4.78, 5) is 11.7. The Labute approximate surface area is 149 Å². The van der Waals surface area contributed by atoms with Gasteiger partial charge in [-0.25, -0.2) is 13.2 Å². The predicted octanol–water partition coefficient (Wildman–Crippen LogP) is 3.19. The molecule has 2 heterocycles. The van der Waals surface area contributed by atoms with E-state index in [1.165, 1.54) is 15.6 Å². The first-order valence-electron chi connectivity index (χ1n) is 7.33. The Morgan fingerprint density at radius 2 is 2.17 bits per heavy atom. The Morgan fingerprint density at radius 1 is 1.48 bits per heavy atom. The number of carbonyl (C=O) groups is 1. The van der Waals surface area contributed by atoms with Crippen LogP contribution in [0.15, 0.2) is 20.1 Å². The van der Waals surface area contributed by atoms with Crippen LogP contribution in [0.2, 0.25) is 0 Å². The maximum absolute atomic E-state index is 12.7. The van der Waals surface area contributed by atoms with Crippen LogP contribution in [0.25, 0.3) is 0 Å². The van der Waals surface area contributed by atoms with Gasteiger partial charge in [-0.15, -0.1) is 11.3 Å². The fourth-order valence-electron chi connectivity index (χ4n) is 2.40. The molecule has 0 aromatic carbocycles. The van der Waals surface area contributed by atoms with Gasteiger partial charge in [-0.3, -0.25) is 0 Å². The third-order valence-electron chi connectivity index (χ3n) is 3.32. The van der Waals surface area contributed by atoms with Crippen LogP contribution in [-0.4, -0.2) is 43.5 Å². The van der Waals surface area contributed by atoms with Gasteiger partial charge in [0.2, 0.25) is 0 Å². The first kappa shape index (κ1) is 18.7. The summed E-state index contributed by atoms with van der Waals surface area (Å²) in [5, 5.41) is 2.67. The normalized spacial score (nSPS) is 19.7. The molecule has 1 atom stereocenters. The third-order valence-corrected chi connectivity index (χ3v) is 7.36. The molecule has 0 aliphatic carbocycles. The Bertz CT molecular complexity index is 667. The van der Waals surface area contributed by atoms with E-state index < -0.39 is 21.7 Å². The number of nitrogens with zero attached hydrogens (tertiary/aromatic N) is 1. The average Bonchev–Trinajstić information content (AvgIpc) is 3.03. The van der Waals surface area contributed by atoms with Crippen LogP contribution in [0.1, 0.15) is 33.6 Å². The van der Waals surface area contributed by atoms with Gasteiger partial charge in [0.1, 0.15) is 9.81 Å². The Kier molecular flexibility index (Phi) is 5.76. The molecule has 9 heteroatoms. The number of alkyl carbamates (subject to hydrolysis) is 1. The third kappa shape index (κ3) is 4.91. The van der Waals surface area contributed by atoms with Crippen molar-refractivity contribution in [1.82, 2.24) is 9.62 Å². The van der Waals surface area contributed by atoms with E-state index in [2.05, 4.69) is 21.2 Å². The average molecular weight is 425 g/mol. The summed E-state index contributed by atoms with van der Waals surface area (Å²) >= 11 is 4.48. The molecule has 23 heavy (non-hydrogen) atoms. The largest absolute Gasteiger partial charge is 0.444 e. The van der Waals surface area contributed by atoms with Gasteiger partial charge >= 0.3 is 6.09 Å². The Balaban J connectivity index is 2.02. The molecule has 130 valence electrons. The molecule has 1 N–H and O–H groups in total. The van der Waals surface area contributed by atoms with Gasteiger partial charge in [0, 0.05) is 19.1 Å². The molecule has 0 saturated carbocycles. The number of sulfonamides is 1. The first-order chi connectivity index (χ1) is 10.6. The van der Waals surface area contributed by atoms with E-state index in [4.69, 9.17) is 4.74 Å². The summed E-state index contributed by atoms with van der Waals surface area (Å²) < 4.78 is 33.2. The molecule has 1 aromatic rings.